The summed E-state index contributed by atoms with van der Waals surface area (Å²) in [5.74, 6) is -1.02. The van der Waals surface area contributed by atoms with Crippen LogP contribution in [0.4, 0.5) is 13.2 Å². The van der Waals surface area contributed by atoms with Gasteiger partial charge in [-0.25, -0.2) is 0 Å². The minimum absolute atomic E-state index is 0. The van der Waals surface area contributed by atoms with E-state index in [4.69, 9.17) is 4.52 Å². The Labute approximate surface area is 227 Å². The standard InChI is InChI=1S/C25H23F3N4O3.Na/c26-25(27,28)20-13-17(6-8-19(20)15-4-2-1-3-5-15)24-30-23(31-35-24)16-7-9-21-18(12-16)14-29-32(21)11-10-22(33)34;/h6-9,12-15H,1-5,10-11H2,(H,33,34);/q;+1/p-1. The Bertz CT molecular complexity index is 1380. The van der Waals surface area contributed by atoms with Crippen molar-refractivity contribution in [3.8, 4) is 22.8 Å². The molecule has 1 fully saturated rings. The predicted molar refractivity (Wildman–Crippen MR) is 119 cm³/mol. The summed E-state index contributed by atoms with van der Waals surface area (Å²) in [6.45, 7) is 0.177. The second-order valence-corrected chi connectivity index (χ2v) is 8.82. The zero-order valence-corrected chi connectivity index (χ0v) is 21.7. The van der Waals surface area contributed by atoms with E-state index >= 15 is 0 Å². The number of hydrogen-bond acceptors (Lipinski definition) is 6. The van der Waals surface area contributed by atoms with Gasteiger partial charge in [0.25, 0.3) is 5.89 Å². The number of rotatable bonds is 6. The summed E-state index contributed by atoms with van der Waals surface area (Å²) in [6, 6.07) is 9.50. The summed E-state index contributed by atoms with van der Waals surface area (Å²) in [5.41, 5.74) is 1.23. The number of fused-ring (bicyclic) bond motifs is 1. The van der Waals surface area contributed by atoms with Gasteiger partial charge in [0.1, 0.15) is 0 Å². The number of carboxylic acid groups (broad SMARTS) is 1. The fraction of sp³-hybridized carbons (Fsp3) is 0.360. The molecule has 0 atom stereocenters. The molecule has 2 heterocycles. The number of halogens is 3. The van der Waals surface area contributed by atoms with Gasteiger partial charge in [-0.2, -0.15) is 23.3 Å². The van der Waals surface area contributed by atoms with Gasteiger partial charge in [-0.3, -0.25) is 4.68 Å². The molecule has 0 bridgehead atoms. The Balaban J connectivity index is 0.00000304. The van der Waals surface area contributed by atoms with E-state index in [1.165, 1.54) is 0 Å². The summed E-state index contributed by atoms with van der Waals surface area (Å²) in [4.78, 5) is 15.1. The molecule has 1 saturated carbocycles. The number of benzene rings is 2. The monoisotopic (exact) mass is 506 g/mol. The van der Waals surface area contributed by atoms with Crippen molar-refractivity contribution in [1.29, 1.82) is 0 Å². The number of carbonyl (C=O) groups excluding carboxylic acids is 1. The third-order valence-corrected chi connectivity index (χ3v) is 6.50. The molecule has 36 heavy (non-hydrogen) atoms. The first-order chi connectivity index (χ1) is 16.8. The summed E-state index contributed by atoms with van der Waals surface area (Å²) in [7, 11) is 0. The van der Waals surface area contributed by atoms with Crippen LogP contribution in [-0.2, 0) is 17.5 Å². The molecule has 5 rings (SSSR count). The zero-order chi connectivity index (χ0) is 24.6. The summed E-state index contributed by atoms with van der Waals surface area (Å²) in [6.07, 6.45) is 1.42. The molecule has 0 N–H and O–H groups in total. The van der Waals surface area contributed by atoms with Gasteiger partial charge in [-0.05, 0) is 54.7 Å². The van der Waals surface area contributed by atoms with Crippen LogP contribution < -0.4 is 34.7 Å². The van der Waals surface area contributed by atoms with Crippen molar-refractivity contribution >= 4 is 16.9 Å². The van der Waals surface area contributed by atoms with Crippen LogP contribution in [0.2, 0.25) is 0 Å². The van der Waals surface area contributed by atoms with Gasteiger partial charge in [0.05, 0.1) is 17.3 Å². The van der Waals surface area contributed by atoms with Crippen LogP contribution in [0.3, 0.4) is 0 Å². The third kappa shape index (κ3) is 5.50. The van der Waals surface area contributed by atoms with Gasteiger partial charge in [0.15, 0.2) is 0 Å². The van der Waals surface area contributed by atoms with Gasteiger partial charge in [0, 0.05) is 35.4 Å². The number of carboxylic acids is 1. The van der Waals surface area contributed by atoms with E-state index in [0.29, 0.717) is 11.1 Å². The number of hydrogen-bond donors (Lipinski definition) is 0. The fourth-order valence-electron chi connectivity index (χ4n) is 4.76. The van der Waals surface area contributed by atoms with Crippen LogP contribution in [0.5, 0.6) is 0 Å². The predicted octanol–water partition coefficient (Wildman–Crippen LogP) is 1.96. The van der Waals surface area contributed by atoms with Crippen molar-refractivity contribution in [3.63, 3.8) is 0 Å². The third-order valence-electron chi connectivity index (χ3n) is 6.50. The molecule has 7 nitrogen and oxygen atoms in total. The SMILES string of the molecule is O=C([O-])CCn1ncc2cc(-c3noc(-c4ccc(C5CCCCC5)c(C(F)(F)F)c4)n3)ccc21.[Na+]. The average molecular weight is 506 g/mol. The van der Waals surface area contributed by atoms with Crippen molar-refractivity contribution < 1.29 is 57.2 Å². The molecule has 1 aliphatic carbocycles. The molecule has 0 spiro atoms. The van der Waals surface area contributed by atoms with E-state index < -0.39 is 17.7 Å². The Kier molecular flexibility index (Phi) is 7.87. The first-order valence-corrected chi connectivity index (χ1v) is 11.5. The molecule has 0 amide bonds. The van der Waals surface area contributed by atoms with Crippen molar-refractivity contribution in [1.82, 2.24) is 19.9 Å². The molecule has 4 aromatic rings. The molecule has 0 unspecified atom stereocenters. The second-order valence-electron chi connectivity index (χ2n) is 8.82. The minimum atomic E-state index is -4.48. The Morgan fingerprint density at radius 1 is 1.08 bits per heavy atom. The van der Waals surface area contributed by atoms with Crippen LogP contribution in [0.15, 0.2) is 47.1 Å². The molecule has 0 radical (unpaired) electrons. The van der Waals surface area contributed by atoms with Gasteiger partial charge >= 0.3 is 35.7 Å². The first-order valence-electron chi connectivity index (χ1n) is 11.5. The molecule has 0 aliphatic heterocycles. The molecule has 182 valence electrons. The van der Waals surface area contributed by atoms with Crippen LogP contribution in [0.1, 0.15) is 55.6 Å². The number of carbonyl (C=O) groups is 1. The Hall–Kier alpha value is -2.69. The number of aromatic nitrogens is 4. The van der Waals surface area contributed by atoms with Crippen molar-refractivity contribution in [2.45, 2.75) is 57.2 Å². The van der Waals surface area contributed by atoms with Crippen LogP contribution in [0, 0.1) is 0 Å². The Morgan fingerprint density at radius 3 is 2.56 bits per heavy atom. The minimum Gasteiger partial charge on any atom is -0.550 e. The summed E-state index contributed by atoms with van der Waals surface area (Å²) in [5, 5.41) is 19.6. The van der Waals surface area contributed by atoms with Gasteiger partial charge in [0.2, 0.25) is 5.82 Å². The maximum atomic E-state index is 13.9. The van der Waals surface area contributed by atoms with Crippen LogP contribution >= 0.6 is 0 Å². The smallest absolute Gasteiger partial charge is 0.550 e. The van der Waals surface area contributed by atoms with E-state index in [0.717, 1.165) is 49.1 Å². The van der Waals surface area contributed by atoms with Crippen LogP contribution in [0.25, 0.3) is 33.7 Å². The molecule has 2 aromatic heterocycles. The first kappa shape index (κ1) is 26.4. The van der Waals surface area contributed by atoms with Gasteiger partial charge in [-0.15, -0.1) is 0 Å². The average Bonchev–Trinajstić information content (AvgIpc) is 3.49. The maximum Gasteiger partial charge on any atom is 1.00 e. The van der Waals surface area contributed by atoms with Crippen LogP contribution in [-0.4, -0.2) is 25.9 Å². The second kappa shape index (κ2) is 10.7. The number of alkyl halides is 3. The van der Waals surface area contributed by atoms with Gasteiger partial charge < -0.3 is 14.4 Å². The molecule has 11 heteroatoms. The number of aryl methyl sites for hydroxylation is 1. The molecule has 0 saturated heterocycles. The molecule has 1 aliphatic rings. The molecular weight excluding hydrogens is 484 g/mol. The van der Waals surface area contributed by atoms with E-state index in [-0.39, 0.29) is 65.7 Å². The fourth-order valence-corrected chi connectivity index (χ4v) is 4.76. The van der Waals surface area contributed by atoms with E-state index in [1.54, 1.807) is 41.2 Å². The normalized spacial score (nSPS) is 14.6. The van der Waals surface area contributed by atoms with E-state index in [2.05, 4.69) is 15.2 Å². The zero-order valence-electron chi connectivity index (χ0n) is 19.7. The quantitative estimate of drug-likeness (QED) is 0.371. The van der Waals surface area contributed by atoms with E-state index in [1.807, 2.05) is 0 Å². The van der Waals surface area contributed by atoms with Crippen molar-refractivity contribution in [2.75, 3.05) is 0 Å². The Morgan fingerprint density at radius 2 is 1.83 bits per heavy atom. The topological polar surface area (TPSA) is 96.9 Å². The van der Waals surface area contributed by atoms with Crippen molar-refractivity contribution in [2.24, 2.45) is 0 Å². The van der Waals surface area contributed by atoms with Crippen molar-refractivity contribution in [3.05, 3.63) is 53.7 Å². The summed E-state index contributed by atoms with van der Waals surface area (Å²) < 4.78 is 48.6. The number of nitrogens with zero attached hydrogens (tertiary/aromatic N) is 4. The molecule has 2 aromatic carbocycles. The summed E-state index contributed by atoms with van der Waals surface area (Å²) >= 11 is 0. The largest absolute Gasteiger partial charge is 1.00 e. The number of aliphatic carboxylic acids is 1. The van der Waals surface area contributed by atoms with E-state index in [9.17, 15) is 23.1 Å². The van der Waals surface area contributed by atoms with Gasteiger partial charge in [-0.1, -0.05) is 30.5 Å². The molecular formula is C25H22F3N4NaO3. The maximum absolute atomic E-state index is 13.9.